The molecular weight excluding hydrogens is 319 g/mol. The van der Waals surface area contributed by atoms with Crippen LogP contribution in [0.5, 0.6) is 0 Å². The lowest BCUT2D eigenvalue weighted by Gasteiger charge is -2.08. The standard InChI is InChI=1S/C11H12F3N3.C6H12O/c1-3-17-9-5-4-7(15-2)6-8(9)16-10(17)11(12,13)14;1-2-4-6-7-5-3-1/h4-6,15H,3H2,1-2H3;1-6H2. The Morgan fingerprint density at radius 1 is 1.17 bits per heavy atom. The molecule has 1 aromatic carbocycles. The van der Waals surface area contributed by atoms with Crippen LogP contribution >= 0.6 is 0 Å². The highest BCUT2D eigenvalue weighted by Crippen LogP contribution is 2.32. The Hall–Kier alpha value is -1.76. The van der Waals surface area contributed by atoms with E-state index in [0.717, 1.165) is 18.9 Å². The number of rotatable bonds is 2. The zero-order valence-corrected chi connectivity index (χ0v) is 14.1. The maximum atomic E-state index is 12.8. The van der Waals surface area contributed by atoms with Gasteiger partial charge in [-0.2, -0.15) is 13.2 Å². The molecule has 24 heavy (non-hydrogen) atoms. The summed E-state index contributed by atoms with van der Waals surface area (Å²) < 4.78 is 44.6. The second kappa shape index (κ2) is 8.37. The van der Waals surface area contributed by atoms with E-state index in [1.165, 1.54) is 30.3 Å². The van der Waals surface area contributed by atoms with E-state index in [9.17, 15) is 13.2 Å². The fraction of sp³-hybridized carbons (Fsp3) is 0.588. The highest BCUT2D eigenvalue weighted by atomic mass is 19.4. The number of hydrogen-bond donors (Lipinski definition) is 1. The van der Waals surface area contributed by atoms with Crippen LogP contribution in [0.15, 0.2) is 18.2 Å². The van der Waals surface area contributed by atoms with Crippen molar-refractivity contribution in [3.05, 3.63) is 24.0 Å². The highest BCUT2D eigenvalue weighted by molar-refractivity contribution is 5.80. The first-order valence-corrected chi connectivity index (χ1v) is 8.30. The van der Waals surface area contributed by atoms with Crippen LogP contribution in [0.25, 0.3) is 11.0 Å². The van der Waals surface area contributed by atoms with Crippen LogP contribution in [0.2, 0.25) is 0 Å². The van der Waals surface area contributed by atoms with Gasteiger partial charge >= 0.3 is 6.18 Å². The summed E-state index contributed by atoms with van der Waals surface area (Å²) in [6.45, 7) is 3.91. The third-order valence-electron chi connectivity index (χ3n) is 3.93. The van der Waals surface area contributed by atoms with Crippen LogP contribution in [-0.4, -0.2) is 29.8 Å². The van der Waals surface area contributed by atoms with E-state index in [-0.39, 0.29) is 6.54 Å². The molecule has 0 unspecified atom stereocenters. The van der Waals surface area contributed by atoms with E-state index in [4.69, 9.17) is 4.74 Å². The Balaban J connectivity index is 0.000000249. The maximum absolute atomic E-state index is 12.8. The summed E-state index contributed by atoms with van der Waals surface area (Å²) in [7, 11) is 1.71. The lowest BCUT2D eigenvalue weighted by atomic mass is 10.2. The SMILES string of the molecule is C1CCCOCC1.CCn1c(C(F)(F)F)nc2cc(NC)ccc21. The van der Waals surface area contributed by atoms with Crippen molar-refractivity contribution in [1.82, 2.24) is 9.55 Å². The molecule has 3 rings (SSSR count). The predicted octanol–water partition coefficient (Wildman–Crippen LogP) is 4.69. The molecule has 0 saturated carbocycles. The van der Waals surface area contributed by atoms with Crippen LogP contribution in [0.4, 0.5) is 18.9 Å². The first-order valence-electron chi connectivity index (χ1n) is 8.30. The molecule has 134 valence electrons. The van der Waals surface area contributed by atoms with Gasteiger partial charge in [0.05, 0.1) is 11.0 Å². The van der Waals surface area contributed by atoms with E-state index >= 15 is 0 Å². The van der Waals surface area contributed by atoms with Gasteiger partial charge in [-0.05, 0) is 38.0 Å². The molecule has 1 aliphatic rings. The number of hydrogen-bond acceptors (Lipinski definition) is 3. The van der Waals surface area contributed by atoms with E-state index in [1.54, 1.807) is 32.2 Å². The zero-order chi connectivity index (χ0) is 17.6. The summed E-state index contributed by atoms with van der Waals surface area (Å²) >= 11 is 0. The van der Waals surface area contributed by atoms with Crippen molar-refractivity contribution in [3.8, 4) is 0 Å². The molecule has 1 aromatic heterocycles. The third-order valence-corrected chi connectivity index (χ3v) is 3.93. The second-order valence-electron chi connectivity index (χ2n) is 5.66. The number of ether oxygens (including phenoxy) is 1. The first-order chi connectivity index (χ1) is 11.5. The predicted molar refractivity (Wildman–Crippen MR) is 89.2 cm³/mol. The maximum Gasteiger partial charge on any atom is 0.449 e. The van der Waals surface area contributed by atoms with Gasteiger partial charge in [0.2, 0.25) is 5.82 Å². The molecule has 4 nitrogen and oxygen atoms in total. The fourth-order valence-electron chi connectivity index (χ4n) is 2.69. The molecule has 1 fully saturated rings. The highest BCUT2D eigenvalue weighted by Gasteiger charge is 2.37. The van der Waals surface area contributed by atoms with E-state index in [0.29, 0.717) is 11.0 Å². The topological polar surface area (TPSA) is 39.1 Å². The average Bonchev–Trinajstić information content (AvgIpc) is 2.73. The number of halogens is 3. The lowest BCUT2D eigenvalue weighted by molar-refractivity contribution is -0.146. The number of alkyl halides is 3. The molecule has 1 saturated heterocycles. The van der Waals surface area contributed by atoms with Gasteiger partial charge in [-0.3, -0.25) is 0 Å². The average molecular weight is 343 g/mol. The summed E-state index contributed by atoms with van der Waals surface area (Å²) in [6.07, 6.45) is 0.884. The lowest BCUT2D eigenvalue weighted by Crippen LogP contribution is -2.14. The molecule has 0 aliphatic carbocycles. The Kier molecular flexibility index (Phi) is 6.48. The molecule has 1 aliphatic heterocycles. The Labute approximate surface area is 140 Å². The van der Waals surface area contributed by atoms with Crippen molar-refractivity contribution in [1.29, 1.82) is 0 Å². The van der Waals surface area contributed by atoms with Crippen LogP contribution in [0.3, 0.4) is 0 Å². The normalized spacial score (nSPS) is 15.5. The zero-order valence-electron chi connectivity index (χ0n) is 14.1. The Morgan fingerprint density at radius 3 is 2.38 bits per heavy atom. The molecule has 0 radical (unpaired) electrons. The summed E-state index contributed by atoms with van der Waals surface area (Å²) in [5.41, 5.74) is 1.59. The van der Waals surface area contributed by atoms with Crippen LogP contribution in [0, 0.1) is 0 Å². The van der Waals surface area contributed by atoms with Crippen molar-refractivity contribution in [2.24, 2.45) is 0 Å². The number of fused-ring (bicyclic) bond motifs is 1. The monoisotopic (exact) mass is 343 g/mol. The van der Waals surface area contributed by atoms with Gasteiger partial charge in [0, 0.05) is 32.5 Å². The molecule has 0 spiro atoms. The third kappa shape index (κ3) is 4.63. The van der Waals surface area contributed by atoms with Crippen molar-refractivity contribution >= 4 is 16.7 Å². The molecule has 2 aromatic rings. The molecule has 2 heterocycles. The van der Waals surface area contributed by atoms with Crippen molar-refractivity contribution < 1.29 is 17.9 Å². The number of nitrogens with zero attached hydrogens (tertiary/aromatic N) is 2. The summed E-state index contributed by atoms with van der Waals surface area (Å²) in [4.78, 5) is 3.66. The smallest absolute Gasteiger partial charge is 0.388 e. The minimum atomic E-state index is -4.42. The second-order valence-corrected chi connectivity index (χ2v) is 5.66. The Bertz CT molecular complexity index is 633. The quantitative estimate of drug-likeness (QED) is 0.859. The molecule has 0 atom stereocenters. The summed E-state index contributed by atoms with van der Waals surface area (Å²) in [6, 6.07) is 4.99. The number of benzene rings is 1. The van der Waals surface area contributed by atoms with Gasteiger partial charge in [-0.1, -0.05) is 12.8 Å². The van der Waals surface area contributed by atoms with Gasteiger partial charge in [-0.15, -0.1) is 0 Å². The molecule has 7 heteroatoms. The van der Waals surface area contributed by atoms with E-state index < -0.39 is 12.0 Å². The first kappa shape index (κ1) is 18.6. The van der Waals surface area contributed by atoms with Crippen molar-refractivity contribution in [3.63, 3.8) is 0 Å². The molecular formula is C17H24F3N3O. The number of imidazole rings is 1. The fourth-order valence-corrected chi connectivity index (χ4v) is 2.69. The number of aryl methyl sites for hydroxylation is 1. The van der Waals surface area contributed by atoms with E-state index in [1.807, 2.05) is 0 Å². The summed E-state index contributed by atoms with van der Waals surface area (Å²) in [5.74, 6) is -0.844. The van der Waals surface area contributed by atoms with Gasteiger partial charge in [0.25, 0.3) is 0 Å². The van der Waals surface area contributed by atoms with Gasteiger partial charge in [0.1, 0.15) is 0 Å². The van der Waals surface area contributed by atoms with Crippen molar-refractivity contribution in [2.75, 3.05) is 25.6 Å². The largest absolute Gasteiger partial charge is 0.449 e. The number of aromatic nitrogens is 2. The van der Waals surface area contributed by atoms with Gasteiger partial charge in [-0.25, -0.2) is 4.98 Å². The van der Waals surface area contributed by atoms with Crippen molar-refractivity contribution in [2.45, 2.75) is 45.3 Å². The number of nitrogens with one attached hydrogen (secondary N) is 1. The van der Waals surface area contributed by atoms with Crippen LogP contribution in [0.1, 0.15) is 38.4 Å². The summed E-state index contributed by atoms with van der Waals surface area (Å²) in [5, 5.41) is 2.87. The molecule has 0 amide bonds. The van der Waals surface area contributed by atoms with Gasteiger partial charge in [0.15, 0.2) is 0 Å². The molecule has 1 N–H and O–H groups in total. The Morgan fingerprint density at radius 2 is 1.83 bits per heavy atom. The number of anilines is 1. The molecule has 0 bridgehead atoms. The van der Waals surface area contributed by atoms with Crippen LogP contribution < -0.4 is 5.32 Å². The van der Waals surface area contributed by atoms with E-state index in [2.05, 4.69) is 10.3 Å². The minimum absolute atomic E-state index is 0.240. The van der Waals surface area contributed by atoms with Crippen LogP contribution in [-0.2, 0) is 17.5 Å². The minimum Gasteiger partial charge on any atom is -0.388 e. The van der Waals surface area contributed by atoms with Gasteiger partial charge < -0.3 is 14.6 Å².